The molecule has 0 amide bonds. The van der Waals surface area contributed by atoms with E-state index in [1.54, 1.807) is 12.1 Å². The van der Waals surface area contributed by atoms with Gasteiger partial charge in [0.15, 0.2) is 17.5 Å². The van der Waals surface area contributed by atoms with Gasteiger partial charge in [-0.15, -0.1) is 0 Å². The maximum Gasteiger partial charge on any atom is 0.426 e. The maximum absolute atomic E-state index is 14.5. The molecule has 1 nitrogen and oxygen atoms in total. The fraction of sp³-hybridized carbons (Fsp3) is 0.625. The minimum atomic E-state index is -4.00. The van der Waals surface area contributed by atoms with Crippen LogP contribution in [0.15, 0.2) is 36.4 Å². The van der Waals surface area contributed by atoms with E-state index >= 15 is 0 Å². The Balaban J connectivity index is 1.22. The van der Waals surface area contributed by atoms with Gasteiger partial charge in [-0.1, -0.05) is 70.4 Å². The Kier molecular flexibility index (Phi) is 10.1. The Hall–Kier alpha value is -2.11. The van der Waals surface area contributed by atoms with Crippen LogP contribution in [-0.2, 0) is 6.11 Å². The smallest absolute Gasteiger partial charge is 0.426 e. The lowest BCUT2D eigenvalue weighted by atomic mass is 9.68. The minimum absolute atomic E-state index is 0.111. The number of ether oxygens (including phenoxy) is 1. The molecule has 0 radical (unpaired) electrons. The van der Waals surface area contributed by atoms with E-state index in [1.807, 2.05) is 0 Å². The molecule has 2 aliphatic carbocycles. The van der Waals surface area contributed by atoms with E-state index in [2.05, 4.69) is 6.92 Å². The molecule has 6 heteroatoms. The molecule has 2 fully saturated rings. The van der Waals surface area contributed by atoms with Crippen molar-refractivity contribution in [3.8, 4) is 5.75 Å². The minimum Gasteiger partial charge on any atom is -0.429 e. The van der Waals surface area contributed by atoms with Crippen LogP contribution in [0.4, 0.5) is 22.0 Å². The molecule has 0 aliphatic heterocycles. The highest BCUT2D eigenvalue weighted by Gasteiger charge is 2.37. The SMILES string of the molecule is CCCCCCCC1CCC(C2CCC(c3ccc(OC(F)(F)c4cc(F)c(F)c(F)c4)cc3)CC2)CC1. The van der Waals surface area contributed by atoms with Gasteiger partial charge in [0, 0.05) is 0 Å². The molecule has 2 aromatic carbocycles. The van der Waals surface area contributed by atoms with Gasteiger partial charge in [-0.25, -0.2) is 13.2 Å². The molecule has 0 atom stereocenters. The fourth-order valence-electron chi connectivity index (χ4n) is 6.65. The third kappa shape index (κ3) is 7.51. The molecule has 0 bridgehead atoms. The van der Waals surface area contributed by atoms with Crippen molar-refractivity contribution in [1.29, 1.82) is 0 Å². The molecule has 0 N–H and O–H groups in total. The van der Waals surface area contributed by atoms with Crippen LogP contribution in [0.3, 0.4) is 0 Å². The van der Waals surface area contributed by atoms with E-state index in [4.69, 9.17) is 4.74 Å². The first kappa shape index (κ1) is 28.9. The molecule has 210 valence electrons. The van der Waals surface area contributed by atoms with Gasteiger partial charge in [0.05, 0.1) is 5.56 Å². The molecule has 0 unspecified atom stereocenters. The molecule has 2 aliphatic rings. The molecule has 4 rings (SSSR count). The Morgan fingerprint density at radius 2 is 1.29 bits per heavy atom. The normalized spacial score (nSPS) is 24.4. The molecule has 0 saturated heterocycles. The zero-order valence-corrected chi connectivity index (χ0v) is 22.5. The fourth-order valence-corrected chi connectivity index (χ4v) is 6.65. The predicted molar refractivity (Wildman–Crippen MR) is 141 cm³/mol. The lowest BCUT2D eigenvalue weighted by Gasteiger charge is -2.38. The summed E-state index contributed by atoms with van der Waals surface area (Å²) in [7, 11) is 0. The van der Waals surface area contributed by atoms with Gasteiger partial charge in [0.1, 0.15) is 5.75 Å². The van der Waals surface area contributed by atoms with Crippen molar-refractivity contribution in [2.45, 2.75) is 109 Å². The first-order valence-electron chi connectivity index (χ1n) is 14.6. The summed E-state index contributed by atoms with van der Waals surface area (Å²) in [6.07, 6.45) is 14.4. The van der Waals surface area contributed by atoms with Crippen molar-refractivity contribution < 1.29 is 26.7 Å². The van der Waals surface area contributed by atoms with Crippen molar-refractivity contribution in [3.63, 3.8) is 0 Å². The largest absolute Gasteiger partial charge is 0.429 e. The zero-order valence-electron chi connectivity index (χ0n) is 22.5. The molecular weight excluding hydrogens is 495 g/mol. The highest BCUT2D eigenvalue weighted by molar-refractivity contribution is 5.31. The lowest BCUT2D eigenvalue weighted by molar-refractivity contribution is -0.185. The summed E-state index contributed by atoms with van der Waals surface area (Å²) in [4.78, 5) is 0. The summed E-state index contributed by atoms with van der Waals surface area (Å²) in [6, 6.07) is 7.05. The molecule has 0 heterocycles. The summed E-state index contributed by atoms with van der Waals surface area (Å²) in [5.41, 5.74) is 0.0297. The van der Waals surface area contributed by atoms with Crippen molar-refractivity contribution >= 4 is 0 Å². The molecule has 2 saturated carbocycles. The molecule has 2 aromatic rings. The van der Waals surface area contributed by atoms with Crippen LogP contribution in [0.2, 0.25) is 0 Å². The summed E-state index contributed by atoms with van der Waals surface area (Å²) < 4.78 is 73.6. The van der Waals surface area contributed by atoms with Crippen LogP contribution in [0, 0.1) is 35.2 Å². The van der Waals surface area contributed by atoms with Crippen LogP contribution >= 0.6 is 0 Å². The molecule has 38 heavy (non-hydrogen) atoms. The van der Waals surface area contributed by atoms with Crippen molar-refractivity contribution in [2.75, 3.05) is 0 Å². The van der Waals surface area contributed by atoms with Crippen molar-refractivity contribution in [3.05, 3.63) is 65.0 Å². The molecular formula is C32H41F5O. The van der Waals surface area contributed by atoms with Crippen LogP contribution < -0.4 is 4.74 Å². The maximum atomic E-state index is 14.5. The number of hydrogen-bond acceptors (Lipinski definition) is 1. The van der Waals surface area contributed by atoms with Gasteiger partial charge >= 0.3 is 6.11 Å². The van der Waals surface area contributed by atoms with Gasteiger partial charge in [0.2, 0.25) is 0 Å². The van der Waals surface area contributed by atoms with Gasteiger partial charge in [-0.3, -0.25) is 0 Å². The average molecular weight is 537 g/mol. The van der Waals surface area contributed by atoms with Crippen LogP contribution in [0.1, 0.15) is 114 Å². The lowest BCUT2D eigenvalue weighted by Crippen LogP contribution is -2.25. The number of halogens is 5. The Labute approximate surface area is 224 Å². The standard InChI is InChI=1S/C32H41F5O/c1-2-3-4-5-6-7-22-8-10-23(11-9-22)24-12-14-25(15-13-24)26-16-18-28(19-17-26)38-32(36,37)27-20-29(33)31(35)30(34)21-27/h16-25H,2-15H2,1H3. The summed E-state index contributed by atoms with van der Waals surface area (Å²) >= 11 is 0. The highest BCUT2D eigenvalue weighted by Crippen LogP contribution is 2.45. The Morgan fingerprint density at radius 1 is 0.737 bits per heavy atom. The number of hydrogen-bond donors (Lipinski definition) is 0. The van der Waals surface area contributed by atoms with E-state index in [0.29, 0.717) is 5.92 Å². The third-order valence-electron chi connectivity index (χ3n) is 8.96. The third-order valence-corrected chi connectivity index (χ3v) is 8.96. The quantitative estimate of drug-likeness (QED) is 0.158. The van der Waals surface area contributed by atoms with Gasteiger partial charge < -0.3 is 4.74 Å². The van der Waals surface area contributed by atoms with Gasteiger partial charge in [-0.2, -0.15) is 8.78 Å². The first-order valence-corrected chi connectivity index (χ1v) is 14.6. The topological polar surface area (TPSA) is 9.23 Å². The molecule has 0 aromatic heterocycles. The van der Waals surface area contributed by atoms with Gasteiger partial charge in [-0.05, 0) is 92.0 Å². The second kappa shape index (κ2) is 13.3. The van der Waals surface area contributed by atoms with Crippen LogP contribution in [0.25, 0.3) is 0 Å². The number of benzene rings is 2. The van der Waals surface area contributed by atoms with Crippen LogP contribution in [-0.4, -0.2) is 0 Å². The van der Waals surface area contributed by atoms with E-state index in [0.717, 1.165) is 36.2 Å². The van der Waals surface area contributed by atoms with E-state index in [9.17, 15) is 22.0 Å². The highest BCUT2D eigenvalue weighted by atomic mass is 19.3. The number of alkyl halides is 2. The Bertz CT molecular complexity index is 982. The van der Waals surface area contributed by atoms with E-state index < -0.39 is 29.1 Å². The summed E-state index contributed by atoms with van der Waals surface area (Å²) in [6.45, 7) is 2.26. The number of rotatable bonds is 11. The molecule has 0 spiro atoms. The Morgan fingerprint density at radius 3 is 1.87 bits per heavy atom. The van der Waals surface area contributed by atoms with E-state index in [-0.39, 0.29) is 17.9 Å². The van der Waals surface area contributed by atoms with Crippen molar-refractivity contribution in [1.82, 2.24) is 0 Å². The van der Waals surface area contributed by atoms with Crippen molar-refractivity contribution in [2.24, 2.45) is 17.8 Å². The predicted octanol–water partition coefficient (Wildman–Crippen LogP) is 10.7. The van der Waals surface area contributed by atoms with Gasteiger partial charge in [0.25, 0.3) is 0 Å². The second-order valence-corrected chi connectivity index (χ2v) is 11.5. The monoisotopic (exact) mass is 536 g/mol. The van der Waals surface area contributed by atoms with E-state index in [1.165, 1.54) is 89.2 Å². The zero-order chi connectivity index (χ0) is 27.1. The summed E-state index contributed by atoms with van der Waals surface area (Å²) in [5, 5.41) is 0. The summed E-state index contributed by atoms with van der Waals surface area (Å²) in [5.74, 6) is -2.27. The average Bonchev–Trinajstić information content (AvgIpc) is 2.92. The van der Waals surface area contributed by atoms with Crippen LogP contribution in [0.5, 0.6) is 5.75 Å². The second-order valence-electron chi connectivity index (χ2n) is 11.5. The first-order chi connectivity index (χ1) is 18.3. The number of unbranched alkanes of at least 4 members (excludes halogenated alkanes) is 4.